The first-order valence-electron chi connectivity index (χ1n) is 14.5. The number of pyridine rings is 2. The number of aromatic hydroxyl groups is 2. The number of aromatic nitrogens is 2. The average molecular weight is 573 g/mol. The van der Waals surface area contributed by atoms with Crippen molar-refractivity contribution in [2.24, 2.45) is 0 Å². The number of para-hydroxylation sites is 2. The Bertz CT molecular complexity index is 2070. The molecule has 2 aromatic heterocycles. The summed E-state index contributed by atoms with van der Waals surface area (Å²) in [7, 11) is 0. The van der Waals surface area contributed by atoms with Crippen LogP contribution in [0.3, 0.4) is 0 Å². The first-order valence-corrected chi connectivity index (χ1v) is 14.5. The van der Waals surface area contributed by atoms with Gasteiger partial charge in [0, 0.05) is 34.3 Å². The van der Waals surface area contributed by atoms with Gasteiger partial charge in [-0.3, -0.25) is 9.97 Å². The minimum Gasteiger partial charge on any atom is -0.507 e. The van der Waals surface area contributed by atoms with Gasteiger partial charge in [0.1, 0.15) is 11.5 Å². The molecular weight excluding hydrogens is 540 g/mol. The van der Waals surface area contributed by atoms with Gasteiger partial charge in [-0.1, -0.05) is 109 Å². The Morgan fingerprint density at radius 2 is 0.773 bits per heavy atom. The summed E-state index contributed by atoms with van der Waals surface area (Å²) in [5.74, 6) is 0.343. The Labute approximate surface area is 256 Å². The molecule has 0 aliphatic heterocycles. The fourth-order valence-electron chi connectivity index (χ4n) is 5.56. The Morgan fingerprint density at radius 1 is 0.386 bits per heavy atom. The molecule has 2 N–H and O–H groups in total. The maximum atomic E-state index is 10.4. The summed E-state index contributed by atoms with van der Waals surface area (Å²) in [6.45, 7) is 4.16. The Kier molecular flexibility index (Phi) is 8.15. The summed E-state index contributed by atoms with van der Waals surface area (Å²) in [5, 5.41) is 27.2. The predicted octanol–water partition coefficient (Wildman–Crippen LogP) is 10.2. The molecule has 0 bridgehead atoms. The van der Waals surface area contributed by atoms with Gasteiger partial charge < -0.3 is 10.2 Å². The lowest BCUT2D eigenvalue weighted by atomic mass is 9.92. The third-order valence-corrected chi connectivity index (χ3v) is 7.73. The summed E-state index contributed by atoms with van der Waals surface area (Å²) in [5.41, 5.74) is 6.04. The number of fused-ring (bicyclic) bond motifs is 4. The molecule has 0 saturated carbocycles. The highest BCUT2D eigenvalue weighted by molar-refractivity contribution is 6.09. The van der Waals surface area contributed by atoms with Crippen LogP contribution in [0.4, 0.5) is 0 Å². The second-order valence-electron chi connectivity index (χ2n) is 10.7. The van der Waals surface area contributed by atoms with E-state index >= 15 is 0 Å². The number of hydrogen-bond acceptors (Lipinski definition) is 4. The van der Waals surface area contributed by atoms with Crippen LogP contribution in [0.5, 0.6) is 11.5 Å². The minimum atomic E-state index is 0.172. The molecule has 0 spiro atoms. The van der Waals surface area contributed by atoms with Gasteiger partial charge in [0.25, 0.3) is 0 Å². The van der Waals surface area contributed by atoms with E-state index in [1.807, 2.05) is 85.2 Å². The molecule has 4 heteroatoms. The second-order valence-corrected chi connectivity index (χ2v) is 10.7. The van der Waals surface area contributed by atoms with Gasteiger partial charge in [-0.05, 0) is 70.8 Å². The largest absolute Gasteiger partial charge is 0.507 e. The maximum absolute atomic E-state index is 10.4. The van der Waals surface area contributed by atoms with Gasteiger partial charge in [0.15, 0.2) is 0 Å². The quantitative estimate of drug-likeness (QED) is 0.205. The molecule has 6 aromatic carbocycles. The van der Waals surface area contributed by atoms with Gasteiger partial charge in [0.2, 0.25) is 0 Å². The normalized spacial score (nSPS) is 10.7. The highest BCUT2D eigenvalue weighted by atomic mass is 16.3. The molecule has 0 amide bonds. The zero-order chi connectivity index (χ0) is 30.5. The van der Waals surface area contributed by atoms with Crippen LogP contribution in [-0.2, 0) is 0 Å². The minimum absolute atomic E-state index is 0.172. The average Bonchev–Trinajstić information content (AvgIpc) is 3.06. The van der Waals surface area contributed by atoms with Crippen LogP contribution in [0.2, 0.25) is 0 Å². The van der Waals surface area contributed by atoms with E-state index in [0.29, 0.717) is 11.1 Å². The molecular formula is C40H32N2O2. The summed E-state index contributed by atoms with van der Waals surface area (Å²) < 4.78 is 0. The molecule has 0 aliphatic carbocycles. The van der Waals surface area contributed by atoms with E-state index in [4.69, 9.17) is 0 Å². The van der Waals surface area contributed by atoms with E-state index in [9.17, 15) is 10.2 Å². The first kappa shape index (κ1) is 28.4. The molecule has 2 heterocycles. The first-order chi connectivity index (χ1) is 21.5. The van der Waals surface area contributed by atoms with Crippen LogP contribution in [-0.4, -0.2) is 20.2 Å². The summed E-state index contributed by atoms with van der Waals surface area (Å²) in [4.78, 5) is 8.56. The van der Waals surface area contributed by atoms with E-state index in [1.165, 1.54) is 21.9 Å². The van der Waals surface area contributed by atoms with Crippen molar-refractivity contribution in [1.29, 1.82) is 0 Å². The topological polar surface area (TPSA) is 66.2 Å². The van der Waals surface area contributed by atoms with E-state index in [0.717, 1.165) is 32.6 Å². The van der Waals surface area contributed by atoms with Gasteiger partial charge in [-0.25, -0.2) is 0 Å². The summed E-state index contributed by atoms with van der Waals surface area (Å²) >= 11 is 0. The van der Waals surface area contributed by atoms with Crippen molar-refractivity contribution >= 4 is 43.4 Å². The number of nitrogens with zero attached hydrogens (tertiary/aromatic N) is 2. The predicted molar refractivity (Wildman–Crippen MR) is 183 cm³/mol. The fourth-order valence-corrected chi connectivity index (χ4v) is 5.56. The summed E-state index contributed by atoms with van der Waals surface area (Å²) in [6.07, 6.45) is 3.66. The Morgan fingerprint density at radius 3 is 1.20 bits per heavy atom. The Hall–Kier alpha value is -5.74. The molecule has 8 rings (SSSR count). The van der Waals surface area contributed by atoms with Crippen molar-refractivity contribution in [3.63, 3.8) is 0 Å². The van der Waals surface area contributed by atoms with Gasteiger partial charge >= 0.3 is 0 Å². The molecule has 214 valence electrons. The zero-order valence-corrected chi connectivity index (χ0v) is 24.6. The van der Waals surface area contributed by atoms with Crippen molar-refractivity contribution in [2.45, 2.75) is 13.8 Å². The highest BCUT2D eigenvalue weighted by Gasteiger charge is 2.16. The lowest BCUT2D eigenvalue weighted by Gasteiger charge is -2.14. The standard InChI is InChI=1S/C20H14O2.2C10H9N/c21-17-11-9-13-5-1-3-7-15(13)19(17)20-16-8-4-2-6-14(16)10-12-18(20)22;2*1-8-4-2-5-9-6-3-7-11-10(8)9/h1-12,21-22H;2*2-7H,1H3. The van der Waals surface area contributed by atoms with Crippen LogP contribution in [0.1, 0.15) is 11.1 Å². The van der Waals surface area contributed by atoms with Crippen molar-refractivity contribution in [2.75, 3.05) is 0 Å². The SMILES string of the molecule is Cc1cccc2cccnc12.Cc1cccc2cccnc12.Oc1ccc2ccccc2c1-c1c(O)ccc2ccccc12. The lowest BCUT2D eigenvalue weighted by molar-refractivity contribution is 0.470. The maximum Gasteiger partial charge on any atom is 0.124 e. The smallest absolute Gasteiger partial charge is 0.124 e. The van der Waals surface area contributed by atoms with Crippen LogP contribution >= 0.6 is 0 Å². The monoisotopic (exact) mass is 572 g/mol. The highest BCUT2D eigenvalue weighted by Crippen LogP contribution is 2.44. The third kappa shape index (κ3) is 5.79. The van der Waals surface area contributed by atoms with Crippen molar-refractivity contribution in [3.05, 3.63) is 157 Å². The number of hydrogen-bond donors (Lipinski definition) is 2. The zero-order valence-electron chi connectivity index (χ0n) is 24.6. The van der Waals surface area contributed by atoms with Crippen molar-refractivity contribution in [1.82, 2.24) is 9.97 Å². The molecule has 0 atom stereocenters. The lowest BCUT2D eigenvalue weighted by Crippen LogP contribution is -1.86. The third-order valence-electron chi connectivity index (χ3n) is 7.73. The van der Waals surface area contributed by atoms with E-state index in [1.54, 1.807) is 12.1 Å². The van der Waals surface area contributed by atoms with Crippen LogP contribution in [0.15, 0.2) is 146 Å². The molecule has 0 aliphatic rings. The van der Waals surface area contributed by atoms with E-state index < -0.39 is 0 Å². The van der Waals surface area contributed by atoms with Gasteiger partial charge in [-0.2, -0.15) is 0 Å². The molecule has 0 fully saturated rings. The molecule has 0 saturated heterocycles. The molecule has 8 aromatic rings. The van der Waals surface area contributed by atoms with Crippen molar-refractivity contribution in [3.8, 4) is 22.6 Å². The summed E-state index contributed by atoms with van der Waals surface area (Å²) in [6, 6.07) is 43.4. The number of benzene rings is 6. The number of rotatable bonds is 1. The molecule has 0 unspecified atom stereocenters. The number of aryl methyl sites for hydroxylation is 2. The number of phenols is 2. The second kappa shape index (κ2) is 12.6. The Balaban J connectivity index is 0.000000130. The number of phenolic OH excluding ortho intramolecular Hbond substituents is 2. The van der Waals surface area contributed by atoms with Gasteiger partial charge in [-0.15, -0.1) is 0 Å². The van der Waals surface area contributed by atoms with Crippen LogP contribution in [0, 0.1) is 13.8 Å². The van der Waals surface area contributed by atoms with Crippen molar-refractivity contribution < 1.29 is 10.2 Å². The van der Waals surface area contributed by atoms with Crippen LogP contribution < -0.4 is 0 Å². The molecule has 0 radical (unpaired) electrons. The van der Waals surface area contributed by atoms with E-state index in [-0.39, 0.29) is 11.5 Å². The van der Waals surface area contributed by atoms with Crippen LogP contribution in [0.25, 0.3) is 54.5 Å². The fraction of sp³-hybridized carbons (Fsp3) is 0.0500. The molecule has 44 heavy (non-hydrogen) atoms. The van der Waals surface area contributed by atoms with Gasteiger partial charge in [0.05, 0.1) is 11.0 Å². The molecule has 4 nitrogen and oxygen atoms in total. The van der Waals surface area contributed by atoms with E-state index in [2.05, 4.69) is 72.3 Å².